The van der Waals surface area contributed by atoms with Crippen LogP contribution in [0.1, 0.15) is 29.1 Å². The number of aromatic nitrogens is 5. The van der Waals surface area contributed by atoms with Crippen LogP contribution in [-0.2, 0) is 12.8 Å². The van der Waals surface area contributed by atoms with E-state index in [1.54, 1.807) is 24.0 Å². The minimum Gasteiger partial charge on any atom is -0.281 e. The fraction of sp³-hybridized carbons (Fsp3) is 0.353. The van der Waals surface area contributed by atoms with E-state index in [2.05, 4.69) is 20.3 Å². The molecule has 9 heteroatoms. The highest BCUT2D eigenvalue weighted by atomic mass is 32.2. The number of thioether (sulfide) groups is 1. The average molecular weight is 379 g/mol. The van der Waals surface area contributed by atoms with Crippen LogP contribution in [0.15, 0.2) is 30.7 Å². The molecule has 136 valence electrons. The first-order chi connectivity index (χ1) is 12.4. The van der Waals surface area contributed by atoms with Crippen molar-refractivity contribution >= 4 is 11.8 Å². The zero-order valence-corrected chi connectivity index (χ0v) is 14.7. The van der Waals surface area contributed by atoms with E-state index < -0.39 is 11.9 Å². The Balaban J connectivity index is 1.63. The molecule has 3 aromatic heterocycles. The van der Waals surface area contributed by atoms with Gasteiger partial charge in [-0.1, -0.05) is 0 Å². The number of hydrogen-bond donors (Lipinski definition) is 1. The minimum absolute atomic E-state index is 0.303. The monoisotopic (exact) mass is 379 g/mol. The van der Waals surface area contributed by atoms with E-state index in [1.165, 1.54) is 0 Å². The first-order valence-electron chi connectivity index (χ1n) is 8.17. The van der Waals surface area contributed by atoms with Crippen LogP contribution in [0.5, 0.6) is 0 Å². The van der Waals surface area contributed by atoms with Crippen molar-refractivity contribution in [1.82, 2.24) is 25.0 Å². The van der Waals surface area contributed by atoms with Crippen LogP contribution in [0, 0.1) is 0 Å². The molecule has 26 heavy (non-hydrogen) atoms. The zero-order valence-electron chi connectivity index (χ0n) is 13.9. The van der Waals surface area contributed by atoms with Gasteiger partial charge in [0.05, 0.1) is 34.7 Å². The Hall–Kier alpha value is -2.29. The SMILES string of the molecule is CC(SCC(F)(F)F)c1[nH]nc2c1CCc1nn(-c3cccnc3)cc1-2. The van der Waals surface area contributed by atoms with Crippen molar-refractivity contribution in [1.29, 1.82) is 0 Å². The van der Waals surface area contributed by atoms with Gasteiger partial charge in [0.1, 0.15) is 0 Å². The fourth-order valence-electron chi connectivity index (χ4n) is 3.15. The zero-order chi connectivity index (χ0) is 18.3. The van der Waals surface area contributed by atoms with Crippen molar-refractivity contribution in [3.8, 4) is 16.9 Å². The van der Waals surface area contributed by atoms with Gasteiger partial charge in [0.2, 0.25) is 0 Å². The number of H-pyrrole nitrogens is 1. The van der Waals surface area contributed by atoms with E-state index in [9.17, 15) is 13.2 Å². The molecular weight excluding hydrogens is 363 g/mol. The number of rotatable bonds is 4. The largest absolute Gasteiger partial charge is 0.397 e. The fourth-order valence-corrected chi connectivity index (χ4v) is 3.95. The topological polar surface area (TPSA) is 59.4 Å². The summed E-state index contributed by atoms with van der Waals surface area (Å²) in [6.07, 6.45) is 2.61. The summed E-state index contributed by atoms with van der Waals surface area (Å²) in [5.74, 6) is -0.869. The second-order valence-corrected chi connectivity index (χ2v) is 7.51. The van der Waals surface area contributed by atoms with Gasteiger partial charge in [0.25, 0.3) is 0 Å². The summed E-state index contributed by atoms with van der Waals surface area (Å²) >= 11 is 0.872. The summed E-state index contributed by atoms with van der Waals surface area (Å²) in [6.45, 7) is 1.78. The maximum absolute atomic E-state index is 12.5. The third-order valence-electron chi connectivity index (χ3n) is 4.37. The Morgan fingerprint density at radius 3 is 2.92 bits per heavy atom. The molecule has 1 atom stereocenters. The summed E-state index contributed by atoms with van der Waals surface area (Å²) in [5, 5.41) is 11.6. The van der Waals surface area contributed by atoms with Crippen LogP contribution in [0.4, 0.5) is 13.2 Å². The summed E-state index contributed by atoms with van der Waals surface area (Å²) in [7, 11) is 0. The Morgan fingerprint density at radius 2 is 2.19 bits per heavy atom. The van der Waals surface area contributed by atoms with Crippen molar-refractivity contribution in [2.75, 3.05) is 5.75 Å². The Bertz CT molecular complexity index is 916. The summed E-state index contributed by atoms with van der Waals surface area (Å²) in [5.41, 5.74) is 5.27. The van der Waals surface area contributed by atoms with E-state index in [-0.39, 0.29) is 5.25 Å². The lowest BCUT2D eigenvalue weighted by Crippen LogP contribution is -2.12. The van der Waals surface area contributed by atoms with Crippen LogP contribution < -0.4 is 0 Å². The molecule has 0 bridgehead atoms. The number of alkyl halides is 3. The molecule has 1 N–H and O–H groups in total. The highest BCUT2D eigenvalue weighted by molar-refractivity contribution is 7.99. The molecule has 0 radical (unpaired) electrons. The molecule has 5 nitrogen and oxygen atoms in total. The molecule has 1 aliphatic carbocycles. The number of aromatic amines is 1. The predicted molar refractivity (Wildman–Crippen MR) is 93.3 cm³/mol. The van der Waals surface area contributed by atoms with Crippen LogP contribution in [0.3, 0.4) is 0 Å². The second kappa shape index (κ2) is 6.46. The van der Waals surface area contributed by atoms with E-state index in [4.69, 9.17) is 0 Å². The van der Waals surface area contributed by atoms with Crippen molar-refractivity contribution < 1.29 is 13.2 Å². The van der Waals surface area contributed by atoms with Gasteiger partial charge in [-0.15, -0.1) is 11.8 Å². The van der Waals surface area contributed by atoms with Crippen LogP contribution in [-0.4, -0.2) is 36.9 Å². The molecule has 1 unspecified atom stereocenters. The van der Waals surface area contributed by atoms with Gasteiger partial charge in [0.15, 0.2) is 0 Å². The third-order valence-corrected chi connectivity index (χ3v) is 5.60. The van der Waals surface area contributed by atoms with E-state index in [0.29, 0.717) is 0 Å². The molecule has 3 heterocycles. The Labute approximate surface area is 152 Å². The molecule has 0 aromatic carbocycles. The second-order valence-electron chi connectivity index (χ2n) is 6.18. The number of nitrogens with one attached hydrogen (secondary N) is 1. The molecule has 0 fully saturated rings. The van der Waals surface area contributed by atoms with Gasteiger partial charge in [-0.2, -0.15) is 23.4 Å². The molecule has 1 aliphatic rings. The molecular formula is C17H16F3N5S. The molecule has 0 saturated heterocycles. The van der Waals surface area contributed by atoms with Gasteiger partial charge < -0.3 is 0 Å². The lowest BCUT2D eigenvalue weighted by molar-refractivity contribution is -0.105. The van der Waals surface area contributed by atoms with Crippen LogP contribution in [0.25, 0.3) is 16.9 Å². The van der Waals surface area contributed by atoms with Crippen LogP contribution in [0.2, 0.25) is 0 Å². The van der Waals surface area contributed by atoms with Gasteiger partial charge in [-0.3, -0.25) is 10.1 Å². The summed E-state index contributed by atoms with van der Waals surface area (Å²) in [6, 6.07) is 3.76. The van der Waals surface area contributed by atoms with Crippen molar-refractivity contribution in [3.63, 3.8) is 0 Å². The standard InChI is InChI=1S/C17H16F3N5S/c1-10(26-9-17(18,19)20)15-12-4-5-14-13(16(12)23-22-15)8-25(24-14)11-3-2-6-21-7-11/h2-3,6-8,10H,4-5,9H2,1H3,(H,22,23). The van der Waals surface area contributed by atoms with E-state index in [1.807, 2.05) is 18.3 Å². The van der Waals surface area contributed by atoms with Crippen LogP contribution >= 0.6 is 11.8 Å². The molecule has 4 rings (SSSR count). The highest BCUT2D eigenvalue weighted by Crippen LogP contribution is 2.40. The Kier molecular flexibility index (Phi) is 4.26. The third kappa shape index (κ3) is 3.23. The maximum atomic E-state index is 12.5. The first-order valence-corrected chi connectivity index (χ1v) is 9.22. The predicted octanol–water partition coefficient (Wildman–Crippen LogP) is 4.11. The van der Waals surface area contributed by atoms with Gasteiger partial charge in [-0.05, 0) is 31.9 Å². The van der Waals surface area contributed by atoms with E-state index >= 15 is 0 Å². The number of aryl methyl sites for hydroxylation is 1. The van der Waals surface area contributed by atoms with Crippen molar-refractivity contribution in [3.05, 3.63) is 47.7 Å². The molecule has 3 aromatic rings. The quantitative estimate of drug-likeness (QED) is 0.741. The lowest BCUT2D eigenvalue weighted by Gasteiger charge is -2.15. The van der Waals surface area contributed by atoms with Crippen molar-refractivity contribution in [2.45, 2.75) is 31.2 Å². The number of halogens is 3. The van der Waals surface area contributed by atoms with E-state index in [0.717, 1.165) is 58.5 Å². The number of pyridine rings is 1. The molecule has 0 amide bonds. The van der Waals surface area contributed by atoms with Gasteiger partial charge in [0, 0.05) is 28.8 Å². The number of fused-ring (bicyclic) bond motifs is 3. The molecule has 0 spiro atoms. The maximum Gasteiger partial charge on any atom is 0.397 e. The average Bonchev–Trinajstić information content (AvgIpc) is 3.23. The van der Waals surface area contributed by atoms with Gasteiger partial charge in [-0.25, -0.2) is 4.68 Å². The summed E-state index contributed by atoms with van der Waals surface area (Å²) in [4.78, 5) is 4.10. The highest BCUT2D eigenvalue weighted by Gasteiger charge is 2.31. The smallest absolute Gasteiger partial charge is 0.281 e. The minimum atomic E-state index is -4.17. The Morgan fingerprint density at radius 1 is 1.35 bits per heavy atom. The normalized spacial score (nSPS) is 14.8. The first kappa shape index (κ1) is 17.1. The summed E-state index contributed by atoms with van der Waals surface area (Å²) < 4.78 is 39.3. The number of nitrogens with zero attached hydrogens (tertiary/aromatic N) is 4. The number of hydrogen-bond acceptors (Lipinski definition) is 4. The lowest BCUT2D eigenvalue weighted by atomic mass is 9.93. The molecule has 0 aliphatic heterocycles. The van der Waals surface area contributed by atoms with Gasteiger partial charge >= 0.3 is 6.18 Å². The van der Waals surface area contributed by atoms with Crippen molar-refractivity contribution in [2.24, 2.45) is 0 Å². The molecule has 0 saturated carbocycles.